The Morgan fingerprint density at radius 3 is 2.45 bits per heavy atom. The fourth-order valence-corrected chi connectivity index (χ4v) is 2.93. The quantitative estimate of drug-likeness (QED) is 0.248. The van der Waals surface area contributed by atoms with Crippen molar-refractivity contribution >= 4 is 52.1 Å². The van der Waals surface area contributed by atoms with Crippen LogP contribution in [0.25, 0.3) is 0 Å². The Labute approximate surface area is 186 Å². The Kier molecular flexibility index (Phi) is 9.00. The van der Waals surface area contributed by atoms with E-state index in [1.54, 1.807) is 24.3 Å². The van der Waals surface area contributed by atoms with E-state index < -0.39 is 23.9 Å². The van der Waals surface area contributed by atoms with Gasteiger partial charge in [-0.1, -0.05) is 36.4 Å². The largest absolute Gasteiger partial charge is 0.507 e. The fraction of sp³-hybridized carbons (Fsp3) is 0.211. The zero-order valence-electron chi connectivity index (χ0n) is 15.2. The van der Waals surface area contributed by atoms with Gasteiger partial charge in [-0.25, -0.2) is 4.79 Å². The molecular formula is C19H19ClIN3O5. The molecule has 0 unspecified atom stereocenters. The molecule has 0 saturated carbocycles. The second-order valence-corrected chi connectivity index (χ2v) is 7.35. The van der Waals surface area contributed by atoms with Gasteiger partial charge in [0.25, 0.3) is 11.8 Å². The Morgan fingerprint density at radius 1 is 1.07 bits per heavy atom. The number of nitrogens with one attached hydrogen (secondary N) is 3. The summed E-state index contributed by atoms with van der Waals surface area (Å²) in [6.45, 7) is 0.0428. The lowest BCUT2D eigenvalue weighted by Crippen LogP contribution is -2.53. The minimum absolute atomic E-state index is 0.0428. The lowest BCUT2D eigenvalue weighted by Gasteiger charge is -2.19. The number of carbonyl (C=O) groups excluding carboxylic acids is 3. The molecule has 0 aliphatic heterocycles. The summed E-state index contributed by atoms with van der Waals surface area (Å²) in [7, 11) is 0. The number of hydrazine groups is 1. The van der Waals surface area contributed by atoms with Crippen molar-refractivity contribution in [2.45, 2.75) is 19.1 Å². The van der Waals surface area contributed by atoms with Crippen molar-refractivity contribution in [3.05, 3.63) is 63.2 Å². The fourth-order valence-electron chi connectivity index (χ4n) is 2.28. The molecule has 0 saturated heterocycles. The van der Waals surface area contributed by atoms with Crippen molar-refractivity contribution in [2.24, 2.45) is 0 Å². The first kappa shape index (κ1) is 22.8. The molecule has 0 bridgehead atoms. The van der Waals surface area contributed by atoms with E-state index in [-0.39, 0.29) is 24.7 Å². The molecule has 0 heterocycles. The van der Waals surface area contributed by atoms with Crippen molar-refractivity contribution in [1.82, 2.24) is 16.2 Å². The summed E-state index contributed by atoms with van der Waals surface area (Å²) >= 11 is 7.34. The van der Waals surface area contributed by atoms with Crippen LogP contribution < -0.4 is 16.2 Å². The molecule has 2 aromatic rings. The SMILES string of the molecule is O=C(CCl)NNC(=O)[C@H](Cc1ccc(O)c(I)c1)NC(=O)OCc1ccccc1. The number of phenolic OH excluding ortho intramolecular Hbond substituents is 1. The molecule has 1 atom stereocenters. The van der Waals surface area contributed by atoms with Crippen LogP contribution in [0.4, 0.5) is 4.79 Å². The standard InChI is InChI=1S/C19H19ClIN3O5/c20-10-17(26)23-24-18(27)15(9-13-6-7-16(25)14(21)8-13)22-19(28)29-11-12-4-2-1-3-5-12/h1-8,15,25H,9-11H2,(H,22,28)(H,23,26)(H,24,27)/t15-/m0/s1. The molecule has 10 heteroatoms. The zero-order chi connectivity index (χ0) is 21.2. The minimum Gasteiger partial charge on any atom is -0.507 e. The first-order valence-corrected chi connectivity index (χ1v) is 10.1. The monoisotopic (exact) mass is 531 g/mol. The van der Waals surface area contributed by atoms with Crippen molar-refractivity contribution in [3.8, 4) is 5.75 Å². The van der Waals surface area contributed by atoms with Crippen LogP contribution >= 0.6 is 34.2 Å². The average Bonchev–Trinajstić information content (AvgIpc) is 2.73. The van der Waals surface area contributed by atoms with Crippen molar-refractivity contribution in [2.75, 3.05) is 5.88 Å². The Morgan fingerprint density at radius 2 is 1.79 bits per heavy atom. The van der Waals surface area contributed by atoms with Crippen LogP contribution in [0, 0.1) is 3.57 Å². The highest BCUT2D eigenvalue weighted by Crippen LogP contribution is 2.21. The summed E-state index contributed by atoms with van der Waals surface area (Å²) in [4.78, 5) is 35.9. The van der Waals surface area contributed by atoms with Crippen LogP contribution in [0.5, 0.6) is 5.75 Å². The third kappa shape index (κ3) is 7.78. The van der Waals surface area contributed by atoms with Gasteiger partial charge in [0.2, 0.25) is 0 Å². The molecule has 3 amide bonds. The second kappa shape index (κ2) is 11.5. The van der Waals surface area contributed by atoms with E-state index >= 15 is 0 Å². The number of hydrogen-bond acceptors (Lipinski definition) is 5. The number of halogens is 2. The van der Waals surface area contributed by atoms with Crippen LogP contribution in [0.1, 0.15) is 11.1 Å². The van der Waals surface area contributed by atoms with Crippen molar-refractivity contribution in [3.63, 3.8) is 0 Å². The maximum Gasteiger partial charge on any atom is 0.408 e. The van der Waals surface area contributed by atoms with Gasteiger partial charge in [-0.3, -0.25) is 20.4 Å². The summed E-state index contributed by atoms with van der Waals surface area (Å²) < 4.78 is 5.75. The summed E-state index contributed by atoms with van der Waals surface area (Å²) in [5.74, 6) is -1.46. The van der Waals surface area contributed by atoms with Crippen molar-refractivity contribution in [1.29, 1.82) is 0 Å². The van der Waals surface area contributed by atoms with Crippen LogP contribution in [0.2, 0.25) is 0 Å². The van der Waals surface area contributed by atoms with Crippen LogP contribution in [-0.2, 0) is 27.4 Å². The van der Waals surface area contributed by atoms with E-state index in [4.69, 9.17) is 16.3 Å². The number of ether oxygens (including phenoxy) is 1. The van der Waals surface area contributed by atoms with Gasteiger partial charge in [0.15, 0.2) is 0 Å². The first-order chi connectivity index (χ1) is 13.9. The molecule has 0 aliphatic carbocycles. The normalized spacial score (nSPS) is 11.2. The number of rotatable bonds is 7. The number of carbonyl (C=O) groups is 3. The smallest absolute Gasteiger partial charge is 0.408 e. The number of alkyl carbamates (subject to hydrolysis) is 1. The number of aromatic hydroxyl groups is 1. The molecule has 154 valence electrons. The van der Waals surface area contributed by atoms with Gasteiger partial charge < -0.3 is 15.2 Å². The highest BCUT2D eigenvalue weighted by Gasteiger charge is 2.23. The van der Waals surface area contributed by atoms with Crippen LogP contribution in [-0.4, -0.2) is 34.9 Å². The molecule has 2 rings (SSSR count). The van der Waals surface area contributed by atoms with E-state index in [1.807, 2.05) is 40.8 Å². The lowest BCUT2D eigenvalue weighted by atomic mass is 10.1. The van der Waals surface area contributed by atoms with Gasteiger partial charge in [0.05, 0.1) is 3.57 Å². The maximum absolute atomic E-state index is 12.4. The van der Waals surface area contributed by atoms with Crippen LogP contribution in [0.3, 0.4) is 0 Å². The number of phenols is 1. The highest BCUT2D eigenvalue weighted by molar-refractivity contribution is 14.1. The van der Waals surface area contributed by atoms with E-state index in [1.165, 1.54) is 6.07 Å². The summed E-state index contributed by atoms with van der Waals surface area (Å²) in [6, 6.07) is 12.9. The van der Waals surface area contributed by atoms with Gasteiger partial charge in [-0.15, -0.1) is 11.6 Å². The van der Waals surface area contributed by atoms with Gasteiger partial charge in [-0.05, 0) is 45.9 Å². The minimum atomic E-state index is -1.03. The highest BCUT2D eigenvalue weighted by atomic mass is 127. The van der Waals surface area contributed by atoms with Gasteiger partial charge >= 0.3 is 6.09 Å². The number of alkyl halides is 1. The zero-order valence-corrected chi connectivity index (χ0v) is 18.1. The van der Waals surface area contributed by atoms with E-state index in [0.717, 1.165) is 5.56 Å². The number of benzene rings is 2. The molecule has 29 heavy (non-hydrogen) atoms. The summed E-state index contributed by atoms with van der Waals surface area (Å²) in [5.41, 5.74) is 5.85. The number of hydrogen-bond donors (Lipinski definition) is 4. The predicted octanol–water partition coefficient (Wildman–Crippen LogP) is 2.22. The van der Waals surface area contributed by atoms with Crippen LogP contribution in [0.15, 0.2) is 48.5 Å². The van der Waals surface area contributed by atoms with Crippen molar-refractivity contribution < 1.29 is 24.2 Å². The summed E-state index contributed by atoms with van der Waals surface area (Å²) in [5, 5.41) is 12.1. The molecular weight excluding hydrogens is 513 g/mol. The third-order valence-corrected chi connectivity index (χ3v) is 4.83. The second-order valence-electron chi connectivity index (χ2n) is 5.92. The Bertz CT molecular complexity index is 866. The Balaban J connectivity index is 2.03. The molecule has 0 fully saturated rings. The Hall–Kier alpha value is -2.53. The van der Waals surface area contributed by atoms with Gasteiger partial charge in [-0.2, -0.15) is 0 Å². The third-order valence-electron chi connectivity index (χ3n) is 3.72. The molecule has 2 aromatic carbocycles. The molecule has 4 N–H and O–H groups in total. The average molecular weight is 532 g/mol. The van der Waals surface area contributed by atoms with E-state index in [9.17, 15) is 19.5 Å². The van der Waals surface area contributed by atoms with Gasteiger partial charge in [0.1, 0.15) is 24.3 Å². The van der Waals surface area contributed by atoms with E-state index in [2.05, 4.69) is 16.2 Å². The molecule has 0 spiro atoms. The topological polar surface area (TPSA) is 117 Å². The van der Waals surface area contributed by atoms with E-state index in [0.29, 0.717) is 9.13 Å². The number of amides is 3. The first-order valence-electron chi connectivity index (χ1n) is 8.48. The molecule has 8 nitrogen and oxygen atoms in total. The molecule has 0 aliphatic rings. The van der Waals surface area contributed by atoms with Gasteiger partial charge in [0, 0.05) is 6.42 Å². The molecule has 0 aromatic heterocycles. The molecule has 0 radical (unpaired) electrons. The predicted molar refractivity (Wildman–Crippen MR) is 115 cm³/mol. The summed E-state index contributed by atoms with van der Waals surface area (Å²) in [6.07, 6.45) is -0.676. The maximum atomic E-state index is 12.4. The lowest BCUT2D eigenvalue weighted by molar-refractivity contribution is -0.128.